The molecule has 2 unspecified atom stereocenters. The molecule has 5 aromatic rings. The molecule has 2 atom stereocenters. The Morgan fingerprint density at radius 2 is 2.00 bits per heavy atom. The number of rotatable bonds is 2. The van der Waals surface area contributed by atoms with Gasteiger partial charge in [-0.25, -0.2) is 4.98 Å². The summed E-state index contributed by atoms with van der Waals surface area (Å²) in [5.41, 5.74) is 10.7. The largest absolute Gasteiger partial charge is 0.377 e. The van der Waals surface area contributed by atoms with Crippen LogP contribution in [0.1, 0.15) is 12.8 Å². The molecular weight excluding hydrogens is 440 g/mol. The number of ether oxygens (including phenoxy) is 1. The lowest BCUT2D eigenvalue weighted by molar-refractivity contribution is 0.0403. The Bertz CT molecular complexity index is 1520. The molecule has 0 amide bonds. The topological polar surface area (TPSA) is 102 Å². The van der Waals surface area contributed by atoms with E-state index in [4.69, 9.17) is 32.0 Å². The maximum Gasteiger partial charge on any atom is 0.214 e. The fraction of sp³-hybridized carbons (Fsp3) is 0.348. The Balaban J connectivity index is 1.44. The summed E-state index contributed by atoms with van der Waals surface area (Å²) in [5.74, 6) is 0.877. The molecule has 0 spiro atoms. The van der Waals surface area contributed by atoms with Gasteiger partial charge in [-0.05, 0) is 18.9 Å². The summed E-state index contributed by atoms with van der Waals surface area (Å²) >= 11 is 6.85. The first-order chi connectivity index (χ1) is 16.1. The van der Waals surface area contributed by atoms with Crippen molar-refractivity contribution >= 4 is 45.1 Å². The van der Waals surface area contributed by atoms with Gasteiger partial charge in [-0.15, -0.1) is 0 Å². The molecule has 2 bridgehead atoms. The van der Waals surface area contributed by atoms with Crippen LogP contribution in [0, 0.1) is 0 Å². The van der Waals surface area contributed by atoms with Crippen molar-refractivity contribution in [3.05, 3.63) is 41.9 Å². The number of hydrogen-bond donors (Lipinski definition) is 2. The van der Waals surface area contributed by atoms with E-state index in [1.54, 1.807) is 4.68 Å². The molecule has 168 valence electrons. The average molecular weight is 463 g/mol. The van der Waals surface area contributed by atoms with Crippen molar-refractivity contribution in [3.63, 3.8) is 0 Å². The number of halogens is 1. The van der Waals surface area contributed by atoms with Crippen LogP contribution in [0.5, 0.6) is 0 Å². The Morgan fingerprint density at radius 3 is 2.82 bits per heavy atom. The Morgan fingerprint density at radius 1 is 1.18 bits per heavy atom. The van der Waals surface area contributed by atoms with Crippen LogP contribution in [0.3, 0.4) is 0 Å². The lowest BCUT2D eigenvalue weighted by Gasteiger charge is -2.48. The maximum absolute atomic E-state index is 6.85. The fourth-order valence-corrected chi connectivity index (χ4v) is 5.91. The molecule has 0 radical (unpaired) electrons. The van der Waals surface area contributed by atoms with Crippen molar-refractivity contribution in [1.29, 1.82) is 0 Å². The monoisotopic (exact) mass is 462 g/mol. The van der Waals surface area contributed by atoms with Crippen LogP contribution in [0.4, 0.5) is 5.95 Å². The van der Waals surface area contributed by atoms with Crippen LogP contribution in [0.15, 0.2) is 36.9 Å². The summed E-state index contributed by atoms with van der Waals surface area (Å²) in [7, 11) is 1.90. The van der Waals surface area contributed by atoms with E-state index in [9.17, 15) is 0 Å². The highest BCUT2D eigenvalue weighted by Gasteiger charge is 2.40. The molecule has 3 N–H and O–H groups in total. The van der Waals surface area contributed by atoms with Gasteiger partial charge in [0, 0.05) is 54.4 Å². The zero-order valence-electron chi connectivity index (χ0n) is 18.1. The SMILES string of the molecule is Cn1cc2c(Cl)c(-c3c[nH]c4nc(N5C6COCC5CC(N)C6)n5ccnc5c34)ccc2n1. The highest BCUT2D eigenvalue weighted by molar-refractivity contribution is 6.38. The normalized spacial score (nSPS) is 23.2. The Kier molecular flexibility index (Phi) is 4.06. The van der Waals surface area contributed by atoms with Crippen molar-refractivity contribution in [2.75, 3.05) is 18.1 Å². The van der Waals surface area contributed by atoms with Crippen LogP contribution in [-0.4, -0.2) is 60.5 Å². The third-order valence-electron chi connectivity index (χ3n) is 6.97. The number of H-pyrrole nitrogens is 1. The van der Waals surface area contributed by atoms with Crippen molar-refractivity contribution in [1.82, 2.24) is 29.1 Å². The number of aryl methyl sites for hydroxylation is 1. The van der Waals surface area contributed by atoms with Gasteiger partial charge in [-0.2, -0.15) is 10.1 Å². The van der Waals surface area contributed by atoms with Crippen molar-refractivity contribution in [2.45, 2.75) is 31.0 Å². The first-order valence-electron chi connectivity index (χ1n) is 11.2. The minimum Gasteiger partial charge on any atom is -0.377 e. The van der Waals surface area contributed by atoms with E-state index in [2.05, 4.69) is 19.4 Å². The average Bonchev–Trinajstić information content (AvgIpc) is 3.50. The second-order valence-electron chi connectivity index (χ2n) is 9.11. The van der Waals surface area contributed by atoms with Crippen LogP contribution in [0.2, 0.25) is 5.02 Å². The number of benzene rings is 1. The first-order valence-corrected chi connectivity index (χ1v) is 11.5. The highest BCUT2D eigenvalue weighted by Crippen LogP contribution is 2.40. The van der Waals surface area contributed by atoms with Gasteiger partial charge >= 0.3 is 0 Å². The lowest BCUT2D eigenvalue weighted by atomic mass is 9.91. The molecule has 0 saturated carbocycles. The third-order valence-corrected chi connectivity index (χ3v) is 7.37. The van der Waals surface area contributed by atoms with Crippen LogP contribution in [-0.2, 0) is 11.8 Å². The number of aromatic nitrogens is 6. The number of morpholine rings is 1. The molecule has 2 aliphatic rings. The number of piperidine rings is 1. The molecule has 1 aromatic carbocycles. The molecule has 10 heteroatoms. The molecule has 2 aliphatic heterocycles. The summed E-state index contributed by atoms with van der Waals surface area (Å²) in [6.45, 7) is 1.33. The van der Waals surface area contributed by atoms with E-state index in [-0.39, 0.29) is 18.1 Å². The molecule has 2 saturated heterocycles. The quantitative estimate of drug-likeness (QED) is 0.418. The van der Waals surface area contributed by atoms with Crippen molar-refractivity contribution < 1.29 is 4.74 Å². The summed E-state index contributed by atoms with van der Waals surface area (Å²) in [5, 5.41) is 7.01. The van der Waals surface area contributed by atoms with Crippen molar-refractivity contribution in [2.24, 2.45) is 12.8 Å². The number of hydrogen-bond acceptors (Lipinski definition) is 6. The summed E-state index contributed by atoms with van der Waals surface area (Å²) in [6, 6.07) is 4.63. The van der Waals surface area contributed by atoms with Gasteiger partial charge in [0.05, 0.1) is 41.2 Å². The van der Waals surface area contributed by atoms with Gasteiger partial charge in [-0.3, -0.25) is 9.08 Å². The zero-order valence-corrected chi connectivity index (χ0v) is 18.8. The van der Waals surface area contributed by atoms with E-state index in [1.165, 1.54) is 0 Å². The van der Waals surface area contributed by atoms with Gasteiger partial charge < -0.3 is 20.4 Å². The van der Waals surface area contributed by atoms with E-state index in [0.717, 1.165) is 57.5 Å². The second-order valence-corrected chi connectivity index (χ2v) is 9.48. The van der Waals surface area contributed by atoms with E-state index < -0.39 is 0 Å². The first kappa shape index (κ1) is 19.3. The Labute approximate surface area is 194 Å². The highest BCUT2D eigenvalue weighted by atomic mass is 35.5. The van der Waals surface area contributed by atoms with Crippen molar-refractivity contribution in [3.8, 4) is 11.1 Å². The van der Waals surface area contributed by atoms with Gasteiger partial charge in [0.2, 0.25) is 5.95 Å². The van der Waals surface area contributed by atoms with E-state index in [1.807, 2.05) is 44.0 Å². The zero-order chi connectivity index (χ0) is 22.3. The molecular formula is C23H23ClN8O. The van der Waals surface area contributed by atoms with Gasteiger partial charge in [0.15, 0.2) is 5.65 Å². The number of nitrogens with zero attached hydrogens (tertiary/aromatic N) is 6. The predicted molar refractivity (Wildman–Crippen MR) is 128 cm³/mol. The van der Waals surface area contributed by atoms with Gasteiger partial charge in [0.1, 0.15) is 5.65 Å². The molecule has 0 aliphatic carbocycles. The lowest BCUT2D eigenvalue weighted by Crippen LogP contribution is -2.60. The van der Waals surface area contributed by atoms with E-state index in [0.29, 0.717) is 18.2 Å². The minimum absolute atomic E-state index is 0.198. The molecule has 7 rings (SSSR count). The summed E-state index contributed by atoms with van der Waals surface area (Å²) < 4.78 is 9.71. The number of fused-ring (bicyclic) bond motifs is 6. The second kappa shape index (κ2) is 6.93. The molecule has 33 heavy (non-hydrogen) atoms. The maximum atomic E-state index is 6.85. The molecule has 2 fully saturated rings. The van der Waals surface area contributed by atoms with Crippen LogP contribution < -0.4 is 10.6 Å². The van der Waals surface area contributed by atoms with Gasteiger partial charge in [0.25, 0.3) is 0 Å². The van der Waals surface area contributed by atoms with Gasteiger partial charge in [-0.1, -0.05) is 17.7 Å². The molecule has 9 nitrogen and oxygen atoms in total. The number of imidazole rings is 1. The summed E-state index contributed by atoms with van der Waals surface area (Å²) in [4.78, 5) is 15.6. The van der Waals surface area contributed by atoms with Crippen LogP contribution >= 0.6 is 11.6 Å². The minimum atomic E-state index is 0.198. The van der Waals surface area contributed by atoms with E-state index >= 15 is 0 Å². The fourth-order valence-electron chi connectivity index (χ4n) is 5.60. The number of anilines is 1. The molecule has 4 aromatic heterocycles. The van der Waals surface area contributed by atoms with Crippen LogP contribution in [0.25, 0.3) is 38.7 Å². The summed E-state index contributed by atoms with van der Waals surface area (Å²) in [6.07, 6.45) is 9.50. The number of nitrogens with one attached hydrogen (secondary N) is 1. The number of aromatic amines is 1. The molecule has 6 heterocycles. The Hall–Kier alpha value is -3.14. The standard InChI is InChI=1S/C23H23ClN8O/c1-30-9-17-18(29-30)3-2-15(20(17)24)16-8-27-21-19(16)22-26-4-5-31(22)23(28-21)32-13-6-12(25)7-14(32)11-33-10-13/h2-5,8-9,12-14,27H,6-7,10-11,25H2,1H3. The predicted octanol–water partition coefficient (Wildman–Crippen LogP) is 3.11. The number of nitrogens with two attached hydrogens (primary N) is 1. The third kappa shape index (κ3) is 2.76. The smallest absolute Gasteiger partial charge is 0.214 e.